The number of rotatable bonds is 5. The van der Waals surface area contributed by atoms with Gasteiger partial charge in [0.2, 0.25) is 0 Å². The minimum absolute atomic E-state index is 0.182. The summed E-state index contributed by atoms with van der Waals surface area (Å²) in [6, 6.07) is 23.6. The Labute approximate surface area is 216 Å². The van der Waals surface area contributed by atoms with Gasteiger partial charge in [-0.15, -0.1) is 0 Å². The average molecular weight is 499 g/mol. The van der Waals surface area contributed by atoms with E-state index < -0.39 is 0 Å². The van der Waals surface area contributed by atoms with E-state index in [1.807, 2.05) is 60.7 Å². The lowest BCUT2D eigenvalue weighted by Gasteiger charge is -2.17. The fourth-order valence-corrected chi connectivity index (χ4v) is 4.56. The van der Waals surface area contributed by atoms with E-state index in [0.717, 1.165) is 58.2 Å². The summed E-state index contributed by atoms with van der Waals surface area (Å²) < 4.78 is 1.80. The first-order chi connectivity index (χ1) is 17.3. The van der Waals surface area contributed by atoms with Gasteiger partial charge in [-0.2, -0.15) is 5.10 Å². The van der Waals surface area contributed by atoms with E-state index in [1.54, 1.807) is 4.68 Å². The van der Waals surface area contributed by atoms with Gasteiger partial charge in [0.15, 0.2) is 5.11 Å². The molecule has 1 aromatic heterocycles. The van der Waals surface area contributed by atoms with Crippen molar-refractivity contribution in [2.24, 2.45) is 0 Å². The molecule has 4 aromatic rings. The van der Waals surface area contributed by atoms with Gasteiger partial charge in [0, 0.05) is 36.5 Å². The number of fused-ring (bicyclic) bond motifs is 1. The van der Waals surface area contributed by atoms with E-state index >= 15 is 0 Å². The summed E-state index contributed by atoms with van der Waals surface area (Å²) in [5, 5.41) is 16.9. The predicted molar refractivity (Wildman–Crippen MR) is 150 cm³/mol. The first-order valence-corrected chi connectivity index (χ1v) is 12.5. The molecular formula is C28H30N6OS. The summed E-state index contributed by atoms with van der Waals surface area (Å²) in [4.78, 5) is 15.3. The third kappa shape index (κ3) is 5.04. The highest BCUT2D eigenvalue weighted by Crippen LogP contribution is 2.28. The normalized spacial score (nSPS) is 13.6. The van der Waals surface area contributed by atoms with Crippen LogP contribution in [0.2, 0.25) is 0 Å². The molecule has 0 radical (unpaired) electrons. The first kappa shape index (κ1) is 23.8. The molecule has 1 saturated heterocycles. The summed E-state index contributed by atoms with van der Waals surface area (Å²) in [6.07, 6.45) is 0. The first-order valence-electron chi connectivity index (χ1n) is 12.1. The zero-order valence-electron chi connectivity index (χ0n) is 20.7. The number of hydrogen-bond donors (Lipinski definition) is 3. The molecule has 3 aromatic carbocycles. The molecule has 0 spiro atoms. The number of carbonyl (C=O) groups excluding carboxylic acids is 1. The lowest BCUT2D eigenvalue weighted by Crippen LogP contribution is -2.27. The maximum absolute atomic E-state index is 13.1. The van der Waals surface area contributed by atoms with Crippen molar-refractivity contribution in [3.63, 3.8) is 0 Å². The van der Waals surface area contributed by atoms with Crippen LogP contribution in [-0.4, -0.2) is 38.9 Å². The van der Waals surface area contributed by atoms with E-state index in [-0.39, 0.29) is 11.4 Å². The van der Waals surface area contributed by atoms with Crippen LogP contribution in [0.3, 0.4) is 0 Å². The molecule has 184 valence electrons. The molecule has 2 amide bonds. The highest BCUT2D eigenvalue weighted by Gasteiger charge is 2.22. The number of hydrogen-bond acceptors (Lipinski definition) is 3. The Morgan fingerprint density at radius 1 is 1.03 bits per heavy atom. The molecule has 1 aliphatic heterocycles. The van der Waals surface area contributed by atoms with Gasteiger partial charge in [0.25, 0.3) is 0 Å². The molecule has 5 rings (SSSR count). The standard InChI is InChI=1S/C28H30N6OS/c1-28(2,3)24-17-25(31-26(35)30-23-13-7-10-20-9-4-5-12-22(20)23)34(32-24)21-11-6-8-19(16-21)18-33-15-14-29-27(33)36/h4-13,16-17H,14-15,18H2,1-3H3,(H,29,36)(H2,30,31,35). The van der Waals surface area contributed by atoms with Gasteiger partial charge in [-0.25, -0.2) is 9.48 Å². The number of anilines is 2. The number of benzene rings is 3. The molecular weight excluding hydrogens is 468 g/mol. The van der Waals surface area contributed by atoms with E-state index in [0.29, 0.717) is 5.82 Å². The lowest BCUT2D eigenvalue weighted by atomic mass is 9.92. The molecule has 7 nitrogen and oxygen atoms in total. The van der Waals surface area contributed by atoms with Crippen LogP contribution in [0.25, 0.3) is 16.5 Å². The van der Waals surface area contributed by atoms with Crippen molar-refractivity contribution >= 4 is 45.6 Å². The third-order valence-corrected chi connectivity index (χ3v) is 6.63. The molecule has 2 heterocycles. The molecule has 0 saturated carbocycles. The zero-order valence-corrected chi connectivity index (χ0v) is 21.5. The molecule has 0 aliphatic carbocycles. The van der Waals surface area contributed by atoms with Crippen molar-refractivity contribution < 1.29 is 4.79 Å². The summed E-state index contributed by atoms with van der Waals surface area (Å²) in [6.45, 7) is 8.80. The number of nitrogens with zero attached hydrogens (tertiary/aromatic N) is 3. The molecule has 0 unspecified atom stereocenters. The number of aromatic nitrogens is 2. The number of amides is 2. The van der Waals surface area contributed by atoms with Crippen molar-refractivity contribution in [3.8, 4) is 5.69 Å². The second-order valence-corrected chi connectivity index (χ2v) is 10.4. The van der Waals surface area contributed by atoms with Gasteiger partial charge in [-0.05, 0) is 41.4 Å². The van der Waals surface area contributed by atoms with Crippen LogP contribution >= 0.6 is 12.2 Å². The number of carbonyl (C=O) groups is 1. The average Bonchev–Trinajstić information content (AvgIpc) is 3.46. The van der Waals surface area contributed by atoms with Crippen LogP contribution in [0.4, 0.5) is 16.3 Å². The van der Waals surface area contributed by atoms with Crippen LogP contribution in [0.5, 0.6) is 0 Å². The van der Waals surface area contributed by atoms with Crippen molar-refractivity contribution in [1.29, 1.82) is 0 Å². The monoisotopic (exact) mass is 498 g/mol. The minimum Gasteiger partial charge on any atom is -0.361 e. The van der Waals surface area contributed by atoms with Crippen LogP contribution in [0, 0.1) is 0 Å². The van der Waals surface area contributed by atoms with Crippen LogP contribution < -0.4 is 16.0 Å². The van der Waals surface area contributed by atoms with E-state index in [2.05, 4.69) is 53.8 Å². The number of thiocarbonyl (C=S) groups is 1. The highest BCUT2D eigenvalue weighted by molar-refractivity contribution is 7.80. The quantitative estimate of drug-likeness (QED) is 0.310. The molecule has 3 N–H and O–H groups in total. The van der Waals surface area contributed by atoms with E-state index in [4.69, 9.17) is 17.3 Å². The molecule has 0 bridgehead atoms. The highest BCUT2D eigenvalue weighted by atomic mass is 32.1. The summed E-state index contributed by atoms with van der Waals surface area (Å²) >= 11 is 5.40. The zero-order chi connectivity index (χ0) is 25.3. The maximum atomic E-state index is 13.1. The van der Waals surface area contributed by atoms with Gasteiger partial charge in [-0.3, -0.25) is 5.32 Å². The van der Waals surface area contributed by atoms with Crippen LogP contribution in [-0.2, 0) is 12.0 Å². The van der Waals surface area contributed by atoms with Crippen molar-refractivity contribution in [2.45, 2.75) is 32.7 Å². The summed E-state index contributed by atoms with van der Waals surface area (Å²) in [5.74, 6) is 0.605. The van der Waals surface area contributed by atoms with Gasteiger partial charge >= 0.3 is 6.03 Å². The third-order valence-electron chi connectivity index (χ3n) is 6.23. The second-order valence-electron chi connectivity index (χ2n) is 10.0. The van der Waals surface area contributed by atoms with E-state index in [1.165, 1.54) is 0 Å². The Kier molecular flexibility index (Phi) is 6.36. The van der Waals surface area contributed by atoms with Crippen molar-refractivity contribution in [1.82, 2.24) is 20.0 Å². The predicted octanol–water partition coefficient (Wildman–Crippen LogP) is 5.66. The molecule has 0 atom stereocenters. The number of nitrogens with one attached hydrogen (secondary N) is 3. The Morgan fingerprint density at radius 2 is 1.81 bits per heavy atom. The maximum Gasteiger partial charge on any atom is 0.324 e. The second kappa shape index (κ2) is 9.62. The molecule has 1 aliphatic rings. The molecule has 8 heteroatoms. The molecule has 36 heavy (non-hydrogen) atoms. The Hall–Kier alpha value is -3.91. The number of urea groups is 1. The smallest absolute Gasteiger partial charge is 0.324 e. The topological polar surface area (TPSA) is 74.2 Å². The largest absolute Gasteiger partial charge is 0.361 e. The Morgan fingerprint density at radius 3 is 2.58 bits per heavy atom. The summed E-state index contributed by atoms with van der Waals surface area (Å²) in [7, 11) is 0. The Bertz CT molecular complexity index is 1430. The van der Waals surface area contributed by atoms with Gasteiger partial charge < -0.3 is 15.5 Å². The fraction of sp³-hybridized carbons (Fsp3) is 0.250. The van der Waals surface area contributed by atoms with Crippen molar-refractivity contribution in [3.05, 3.63) is 84.1 Å². The van der Waals surface area contributed by atoms with Crippen LogP contribution in [0.15, 0.2) is 72.8 Å². The Balaban J connectivity index is 1.43. The van der Waals surface area contributed by atoms with Crippen molar-refractivity contribution in [2.75, 3.05) is 23.7 Å². The van der Waals surface area contributed by atoms with Gasteiger partial charge in [0.1, 0.15) is 5.82 Å². The van der Waals surface area contributed by atoms with Crippen LogP contribution in [0.1, 0.15) is 32.0 Å². The van der Waals surface area contributed by atoms with E-state index in [9.17, 15) is 4.79 Å². The minimum atomic E-state index is -0.322. The lowest BCUT2D eigenvalue weighted by molar-refractivity contribution is 0.262. The van der Waals surface area contributed by atoms with Gasteiger partial charge in [-0.1, -0.05) is 69.3 Å². The molecule has 1 fully saturated rings. The SMILES string of the molecule is CC(C)(C)c1cc(NC(=O)Nc2cccc3ccccc23)n(-c2cccc(CN3CCNC3=S)c2)n1. The fourth-order valence-electron chi connectivity index (χ4n) is 4.31. The summed E-state index contributed by atoms with van der Waals surface area (Å²) in [5.41, 5.74) is 3.46. The van der Waals surface area contributed by atoms with Gasteiger partial charge in [0.05, 0.1) is 17.1 Å².